The van der Waals surface area contributed by atoms with Gasteiger partial charge in [-0.1, -0.05) is 11.6 Å². The molecular weight excluding hydrogens is 433 g/mol. The van der Waals surface area contributed by atoms with Gasteiger partial charge < -0.3 is 10.1 Å². The smallest absolute Gasteiger partial charge is 0.390 e. The number of fused-ring (bicyclic) bond motifs is 2. The Balaban J connectivity index is 1.24. The van der Waals surface area contributed by atoms with E-state index in [0.717, 1.165) is 17.0 Å². The third-order valence-corrected chi connectivity index (χ3v) is 6.56. The molecule has 0 unspecified atom stereocenters. The van der Waals surface area contributed by atoms with Gasteiger partial charge in [-0.05, 0) is 49.1 Å². The van der Waals surface area contributed by atoms with Crippen molar-refractivity contribution < 1.29 is 22.7 Å². The number of nitrogens with zero attached hydrogens (tertiary/aromatic N) is 3. The number of aromatic nitrogens is 2. The quantitative estimate of drug-likeness (QED) is 0.767. The molecule has 1 amide bonds. The number of halogens is 4. The second-order valence-corrected chi connectivity index (χ2v) is 9.06. The molecule has 0 radical (unpaired) electrons. The lowest BCUT2D eigenvalue weighted by molar-refractivity contribution is -0.152. The van der Waals surface area contributed by atoms with Crippen LogP contribution in [0.15, 0.2) is 24.3 Å². The van der Waals surface area contributed by atoms with Crippen molar-refractivity contribution in [2.75, 3.05) is 13.2 Å². The van der Waals surface area contributed by atoms with Crippen LogP contribution in [0.2, 0.25) is 5.02 Å². The Kier molecular flexibility index (Phi) is 4.93. The monoisotopic (exact) mass is 454 g/mol. The summed E-state index contributed by atoms with van der Waals surface area (Å²) in [5, 5.41) is 7.93. The van der Waals surface area contributed by atoms with E-state index in [1.54, 1.807) is 16.8 Å². The van der Waals surface area contributed by atoms with Crippen molar-refractivity contribution in [3.63, 3.8) is 0 Å². The highest BCUT2D eigenvalue weighted by Gasteiger charge is 2.54. The van der Waals surface area contributed by atoms with Crippen LogP contribution >= 0.6 is 11.6 Å². The normalized spacial score (nSPS) is 22.3. The van der Waals surface area contributed by atoms with Crippen molar-refractivity contribution in [1.82, 2.24) is 20.0 Å². The third-order valence-electron chi connectivity index (χ3n) is 6.32. The van der Waals surface area contributed by atoms with Crippen LogP contribution in [-0.4, -0.2) is 51.5 Å². The van der Waals surface area contributed by atoms with Crippen LogP contribution in [0.25, 0.3) is 0 Å². The molecule has 31 heavy (non-hydrogen) atoms. The Morgan fingerprint density at radius 2 is 2.10 bits per heavy atom. The van der Waals surface area contributed by atoms with Crippen LogP contribution in [0.4, 0.5) is 13.2 Å². The van der Waals surface area contributed by atoms with E-state index in [1.165, 1.54) is 0 Å². The van der Waals surface area contributed by atoms with Gasteiger partial charge in [-0.25, -0.2) is 0 Å². The molecule has 0 bridgehead atoms. The van der Waals surface area contributed by atoms with E-state index in [2.05, 4.69) is 10.4 Å². The van der Waals surface area contributed by atoms with Crippen molar-refractivity contribution in [2.24, 2.45) is 0 Å². The number of benzene rings is 1. The summed E-state index contributed by atoms with van der Waals surface area (Å²) in [5.74, 6) is 0.448. The van der Waals surface area contributed by atoms with E-state index >= 15 is 0 Å². The summed E-state index contributed by atoms with van der Waals surface area (Å²) in [4.78, 5) is 14.7. The fourth-order valence-corrected chi connectivity index (χ4v) is 4.81. The van der Waals surface area contributed by atoms with Gasteiger partial charge >= 0.3 is 6.18 Å². The van der Waals surface area contributed by atoms with Crippen LogP contribution in [0.5, 0.6) is 5.75 Å². The first-order valence-electron chi connectivity index (χ1n) is 10.3. The maximum absolute atomic E-state index is 13.0. The molecule has 166 valence electrons. The maximum atomic E-state index is 13.0. The largest absolute Gasteiger partial charge is 0.491 e. The highest BCUT2D eigenvalue weighted by Crippen LogP contribution is 2.50. The van der Waals surface area contributed by atoms with Gasteiger partial charge in [0.2, 0.25) is 0 Å². The van der Waals surface area contributed by atoms with Crippen molar-refractivity contribution in [2.45, 2.75) is 56.5 Å². The first-order chi connectivity index (χ1) is 14.7. The lowest BCUT2D eigenvalue weighted by Crippen LogP contribution is -2.45. The number of alkyl halides is 3. The fourth-order valence-electron chi connectivity index (χ4n) is 4.62. The van der Waals surface area contributed by atoms with E-state index in [4.69, 9.17) is 16.3 Å². The average molecular weight is 455 g/mol. The molecule has 0 spiro atoms. The number of nitrogens with one attached hydrogen (secondary N) is 1. The number of carbonyl (C=O) groups is 1. The molecule has 1 N–H and O–H groups in total. The van der Waals surface area contributed by atoms with Crippen molar-refractivity contribution >= 4 is 17.5 Å². The number of ether oxygens (including phenoxy) is 1. The minimum Gasteiger partial charge on any atom is -0.491 e. The molecule has 6 nitrogen and oxygen atoms in total. The SMILES string of the molecule is O=C(N[C@H]1COc2ccc(Cl)cc2C1)c1cc2n(n1)CCN(C1(CC(F)(F)F)CC1)C2. The highest BCUT2D eigenvalue weighted by molar-refractivity contribution is 6.30. The number of hydrogen-bond donors (Lipinski definition) is 1. The topological polar surface area (TPSA) is 59.4 Å². The highest BCUT2D eigenvalue weighted by atomic mass is 35.5. The van der Waals surface area contributed by atoms with Gasteiger partial charge in [0.1, 0.15) is 12.4 Å². The van der Waals surface area contributed by atoms with Gasteiger partial charge in [0.25, 0.3) is 5.91 Å². The Morgan fingerprint density at radius 3 is 2.84 bits per heavy atom. The maximum Gasteiger partial charge on any atom is 0.390 e. The third kappa shape index (κ3) is 4.25. The van der Waals surface area contributed by atoms with E-state index in [1.807, 2.05) is 17.0 Å². The van der Waals surface area contributed by atoms with Crippen LogP contribution in [-0.2, 0) is 19.5 Å². The summed E-state index contributed by atoms with van der Waals surface area (Å²) < 4.78 is 46.4. The van der Waals surface area contributed by atoms with Crippen LogP contribution in [0, 0.1) is 0 Å². The van der Waals surface area contributed by atoms with Gasteiger partial charge in [-0.15, -0.1) is 0 Å². The van der Waals surface area contributed by atoms with Gasteiger partial charge in [0, 0.05) is 23.7 Å². The molecule has 3 heterocycles. The fraction of sp³-hybridized carbons (Fsp3) is 0.524. The number of hydrogen-bond acceptors (Lipinski definition) is 4. The number of carbonyl (C=O) groups excluding carboxylic acids is 1. The van der Waals surface area contributed by atoms with Crippen LogP contribution in [0.1, 0.15) is 41.0 Å². The summed E-state index contributed by atoms with van der Waals surface area (Å²) in [5.41, 5.74) is 1.18. The zero-order valence-electron chi connectivity index (χ0n) is 16.7. The summed E-state index contributed by atoms with van der Waals surface area (Å²) in [6.07, 6.45) is -3.25. The summed E-state index contributed by atoms with van der Waals surface area (Å²) >= 11 is 6.05. The van der Waals surface area contributed by atoms with Crippen molar-refractivity contribution in [3.05, 3.63) is 46.2 Å². The minimum atomic E-state index is -4.18. The molecule has 1 aliphatic carbocycles. The molecule has 1 saturated carbocycles. The average Bonchev–Trinajstić information content (AvgIpc) is 3.33. The van der Waals surface area contributed by atoms with E-state index in [-0.39, 0.29) is 17.6 Å². The molecule has 1 fully saturated rings. The predicted molar refractivity (Wildman–Crippen MR) is 107 cm³/mol. The van der Waals surface area contributed by atoms with E-state index in [9.17, 15) is 18.0 Å². The number of amides is 1. The van der Waals surface area contributed by atoms with Crippen molar-refractivity contribution in [1.29, 1.82) is 0 Å². The number of rotatable bonds is 4. The lowest BCUT2D eigenvalue weighted by Gasteiger charge is -2.35. The summed E-state index contributed by atoms with van der Waals surface area (Å²) in [6, 6.07) is 6.87. The van der Waals surface area contributed by atoms with Gasteiger partial charge in [0.15, 0.2) is 5.69 Å². The Labute approximate surface area is 182 Å². The Bertz CT molecular complexity index is 1020. The predicted octanol–water partition coefficient (Wildman–Crippen LogP) is 3.57. The molecule has 1 aromatic heterocycles. The second-order valence-electron chi connectivity index (χ2n) is 8.62. The zero-order chi connectivity index (χ0) is 21.8. The first-order valence-corrected chi connectivity index (χ1v) is 10.7. The molecule has 1 atom stereocenters. The van der Waals surface area contributed by atoms with Crippen LogP contribution < -0.4 is 10.1 Å². The molecule has 1 aromatic carbocycles. The Morgan fingerprint density at radius 1 is 1.29 bits per heavy atom. The lowest BCUT2D eigenvalue weighted by atomic mass is 10.0. The zero-order valence-corrected chi connectivity index (χ0v) is 17.5. The molecule has 3 aliphatic rings. The van der Waals surface area contributed by atoms with E-state index < -0.39 is 18.1 Å². The molecule has 0 saturated heterocycles. The van der Waals surface area contributed by atoms with Gasteiger partial charge in [0.05, 0.1) is 24.7 Å². The minimum absolute atomic E-state index is 0.213. The van der Waals surface area contributed by atoms with Crippen molar-refractivity contribution in [3.8, 4) is 5.75 Å². The van der Waals surface area contributed by atoms with Gasteiger partial charge in [-0.2, -0.15) is 18.3 Å². The molecule has 2 aliphatic heterocycles. The summed E-state index contributed by atoms with van der Waals surface area (Å²) in [7, 11) is 0. The second kappa shape index (κ2) is 7.41. The standard InChI is InChI=1S/C21H22ClF3N4O2/c22-14-1-2-18-13(7-14)8-15(11-31-18)26-19(30)17-9-16-10-28(5-6-29(16)27-17)20(3-4-20)12-21(23,24)25/h1-2,7,9,15H,3-6,8,10-12H2,(H,26,30)/t15-/m1/s1. The van der Waals surface area contributed by atoms with E-state index in [0.29, 0.717) is 50.5 Å². The summed E-state index contributed by atoms with van der Waals surface area (Å²) in [6.45, 7) is 1.69. The van der Waals surface area contributed by atoms with Gasteiger partial charge in [-0.3, -0.25) is 14.4 Å². The molecule has 5 rings (SSSR count). The Hall–Kier alpha value is -2.26. The van der Waals surface area contributed by atoms with Crippen LogP contribution in [0.3, 0.4) is 0 Å². The first kappa shape index (κ1) is 20.6. The molecule has 2 aromatic rings. The molecule has 10 heteroatoms. The molecular formula is C21H22ClF3N4O2.